The summed E-state index contributed by atoms with van der Waals surface area (Å²) in [6, 6.07) is 18.2. The molecule has 4 rings (SSSR count). The number of hydrogen-bond acceptors (Lipinski definition) is 3. The molecule has 0 bridgehead atoms. The minimum absolute atomic E-state index is 0.0236. The first-order chi connectivity index (χ1) is 14.5. The third kappa shape index (κ3) is 4.00. The molecule has 0 spiro atoms. The Bertz CT molecular complexity index is 1060. The first kappa shape index (κ1) is 20.6. The standard InChI is InChI=1S/C24H23ClN2O2S/c1-15(2)14-27-22(20-11-6-12-30-20)21(18-9-3-4-10-19(18)24(27)29)23(28)26-17-8-5-7-16(25)13-17/h3-13,15,21-22H,14H2,1-2H3,(H,26,28)/t21-,22+/m0/s1. The zero-order chi connectivity index (χ0) is 21.3. The normalized spacial score (nSPS) is 18.4. The summed E-state index contributed by atoms with van der Waals surface area (Å²) in [6.07, 6.45) is 0. The number of nitrogens with zero attached hydrogens (tertiary/aromatic N) is 1. The number of halogens is 1. The van der Waals surface area contributed by atoms with Gasteiger partial charge in [0.15, 0.2) is 0 Å². The van der Waals surface area contributed by atoms with Crippen LogP contribution in [0.2, 0.25) is 5.02 Å². The highest BCUT2D eigenvalue weighted by atomic mass is 35.5. The Kier molecular flexibility index (Phi) is 5.93. The molecule has 0 aliphatic carbocycles. The molecule has 2 amide bonds. The van der Waals surface area contributed by atoms with E-state index >= 15 is 0 Å². The second kappa shape index (κ2) is 8.62. The predicted molar refractivity (Wildman–Crippen MR) is 122 cm³/mol. The van der Waals surface area contributed by atoms with Crippen LogP contribution in [0, 0.1) is 5.92 Å². The van der Waals surface area contributed by atoms with Crippen molar-refractivity contribution in [3.63, 3.8) is 0 Å². The summed E-state index contributed by atoms with van der Waals surface area (Å²) >= 11 is 7.67. The smallest absolute Gasteiger partial charge is 0.254 e. The van der Waals surface area contributed by atoms with Gasteiger partial charge in [0.05, 0.1) is 12.0 Å². The lowest BCUT2D eigenvalue weighted by molar-refractivity contribution is -0.119. The molecule has 3 aromatic rings. The van der Waals surface area contributed by atoms with Gasteiger partial charge in [-0.3, -0.25) is 9.59 Å². The SMILES string of the molecule is CC(C)CN1C(=O)c2ccccc2[C@H](C(=O)Nc2cccc(Cl)c2)[C@H]1c1cccs1. The van der Waals surface area contributed by atoms with Crippen LogP contribution in [0.5, 0.6) is 0 Å². The van der Waals surface area contributed by atoms with Crippen molar-refractivity contribution in [2.45, 2.75) is 25.8 Å². The number of amides is 2. The minimum atomic E-state index is -0.518. The lowest BCUT2D eigenvalue weighted by Gasteiger charge is -2.42. The van der Waals surface area contributed by atoms with Gasteiger partial charge >= 0.3 is 0 Å². The number of anilines is 1. The van der Waals surface area contributed by atoms with Gasteiger partial charge in [-0.05, 0) is 47.2 Å². The molecule has 0 saturated carbocycles. The van der Waals surface area contributed by atoms with Crippen LogP contribution in [0.1, 0.15) is 46.6 Å². The van der Waals surface area contributed by atoms with Gasteiger partial charge in [0.2, 0.25) is 5.91 Å². The molecule has 0 fully saturated rings. The average molecular weight is 439 g/mol. The maximum absolute atomic E-state index is 13.6. The number of hydrogen-bond donors (Lipinski definition) is 1. The van der Waals surface area contributed by atoms with Crippen molar-refractivity contribution in [3.05, 3.63) is 87.1 Å². The average Bonchev–Trinajstić information content (AvgIpc) is 3.24. The van der Waals surface area contributed by atoms with Crippen LogP contribution < -0.4 is 5.32 Å². The van der Waals surface area contributed by atoms with E-state index in [0.29, 0.717) is 22.8 Å². The van der Waals surface area contributed by atoms with E-state index in [2.05, 4.69) is 19.2 Å². The molecule has 1 N–H and O–H groups in total. The van der Waals surface area contributed by atoms with Crippen molar-refractivity contribution in [1.82, 2.24) is 4.90 Å². The molecule has 2 atom stereocenters. The predicted octanol–water partition coefficient (Wildman–Crippen LogP) is 5.98. The van der Waals surface area contributed by atoms with E-state index in [9.17, 15) is 9.59 Å². The van der Waals surface area contributed by atoms with Gasteiger partial charge in [0.25, 0.3) is 5.91 Å². The Labute approximate surface area is 185 Å². The van der Waals surface area contributed by atoms with Gasteiger partial charge in [-0.1, -0.05) is 55.8 Å². The lowest BCUT2D eigenvalue weighted by Crippen LogP contribution is -2.47. The molecule has 4 nitrogen and oxygen atoms in total. The molecule has 0 unspecified atom stereocenters. The van der Waals surface area contributed by atoms with E-state index in [1.165, 1.54) is 0 Å². The summed E-state index contributed by atoms with van der Waals surface area (Å²) in [4.78, 5) is 29.9. The third-order valence-electron chi connectivity index (χ3n) is 5.21. The number of fused-ring (bicyclic) bond motifs is 1. The molecule has 2 heterocycles. The first-order valence-corrected chi connectivity index (χ1v) is 11.2. The number of thiophene rings is 1. The van der Waals surface area contributed by atoms with Gasteiger partial charge in [-0.2, -0.15) is 0 Å². The van der Waals surface area contributed by atoms with Crippen molar-refractivity contribution in [3.8, 4) is 0 Å². The Morgan fingerprint density at radius 1 is 1.13 bits per heavy atom. The van der Waals surface area contributed by atoms with Crippen molar-refractivity contribution < 1.29 is 9.59 Å². The van der Waals surface area contributed by atoms with Gasteiger partial charge in [0.1, 0.15) is 0 Å². The molecule has 6 heteroatoms. The highest BCUT2D eigenvalue weighted by Crippen LogP contribution is 2.45. The maximum atomic E-state index is 13.6. The maximum Gasteiger partial charge on any atom is 0.254 e. The molecule has 1 aromatic heterocycles. The first-order valence-electron chi connectivity index (χ1n) is 9.95. The summed E-state index contributed by atoms with van der Waals surface area (Å²) in [5, 5.41) is 5.56. The Balaban J connectivity index is 1.82. The molecule has 0 saturated heterocycles. The summed E-state index contributed by atoms with van der Waals surface area (Å²) < 4.78 is 0. The van der Waals surface area contributed by atoms with Gasteiger partial charge in [-0.25, -0.2) is 0 Å². The van der Waals surface area contributed by atoms with E-state index in [1.54, 1.807) is 29.5 Å². The fourth-order valence-electron chi connectivity index (χ4n) is 4.03. The molecule has 154 valence electrons. The number of nitrogens with one attached hydrogen (secondary N) is 1. The zero-order valence-corrected chi connectivity index (χ0v) is 18.4. The summed E-state index contributed by atoms with van der Waals surface area (Å²) in [5.74, 6) is -0.414. The van der Waals surface area contributed by atoms with Crippen LogP contribution in [0.25, 0.3) is 0 Å². The van der Waals surface area contributed by atoms with Crippen LogP contribution in [0.3, 0.4) is 0 Å². The zero-order valence-electron chi connectivity index (χ0n) is 16.8. The fraction of sp³-hybridized carbons (Fsp3) is 0.250. The highest BCUT2D eigenvalue weighted by Gasteiger charge is 2.44. The lowest BCUT2D eigenvalue weighted by atomic mass is 9.81. The Hall–Kier alpha value is -2.63. The van der Waals surface area contributed by atoms with E-state index in [-0.39, 0.29) is 23.8 Å². The number of carbonyl (C=O) groups excluding carboxylic acids is 2. The highest BCUT2D eigenvalue weighted by molar-refractivity contribution is 7.10. The van der Waals surface area contributed by atoms with Gasteiger partial charge in [0, 0.05) is 27.7 Å². The molecule has 1 aliphatic heterocycles. The van der Waals surface area contributed by atoms with Crippen molar-refractivity contribution in [1.29, 1.82) is 0 Å². The van der Waals surface area contributed by atoms with Crippen molar-refractivity contribution in [2.24, 2.45) is 5.92 Å². The number of benzene rings is 2. The van der Waals surface area contributed by atoms with Crippen LogP contribution in [-0.4, -0.2) is 23.3 Å². The molecular formula is C24H23ClN2O2S. The summed E-state index contributed by atoms with van der Waals surface area (Å²) in [6.45, 7) is 4.75. The van der Waals surface area contributed by atoms with E-state index in [1.807, 2.05) is 52.7 Å². The van der Waals surface area contributed by atoms with Gasteiger partial charge < -0.3 is 10.2 Å². The topological polar surface area (TPSA) is 49.4 Å². The Morgan fingerprint density at radius 3 is 2.63 bits per heavy atom. The largest absolute Gasteiger partial charge is 0.329 e. The van der Waals surface area contributed by atoms with Crippen LogP contribution >= 0.6 is 22.9 Å². The molecule has 0 radical (unpaired) electrons. The van der Waals surface area contributed by atoms with E-state index < -0.39 is 5.92 Å². The third-order valence-corrected chi connectivity index (χ3v) is 6.39. The van der Waals surface area contributed by atoms with Crippen LogP contribution in [0.15, 0.2) is 66.0 Å². The quantitative estimate of drug-likeness (QED) is 0.532. The van der Waals surface area contributed by atoms with Crippen LogP contribution in [0.4, 0.5) is 5.69 Å². The van der Waals surface area contributed by atoms with Crippen LogP contribution in [-0.2, 0) is 4.79 Å². The van der Waals surface area contributed by atoms with E-state index in [0.717, 1.165) is 10.4 Å². The van der Waals surface area contributed by atoms with Crippen molar-refractivity contribution in [2.75, 3.05) is 11.9 Å². The van der Waals surface area contributed by atoms with Gasteiger partial charge in [-0.15, -0.1) is 11.3 Å². The number of rotatable bonds is 5. The summed E-state index contributed by atoms with van der Waals surface area (Å²) in [5.41, 5.74) is 2.00. The number of carbonyl (C=O) groups is 2. The Morgan fingerprint density at radius 2 is 1.93 bits per heavy atom. The summed E-state index contributed by atoms with van der Waals surface area (Å²) in [7, 11) is 0. The second-order valence-electron chi connectivity index (χ2n) is 7.88. The monoisotopic (exact) mass is 438 g/mol. The molecular weight excluding hydrogens is 416 g/mol. The van der Waals surface area contributed by atoms with E-state index in [4.69, 9.17) is 11.6 Å². The fourth-order valence-corrected chi connectivity index (χ4v) is 5.10. The molecule has 1 aliphatic rings. The van der Waals surface area contributed by atoms with Crippen molar-refractivity contribution >= 4 is 40.4 Å². The second-order valence-corrected chi connectivity index (χ2v) is 9.29. The molecule has 30 heavy (non-hydrogen) atoms. The minimum Gasteiger partial charge on any atom is -0.329 e. The molecule has 2 aromatic carbocycles.